The van der Waals surface area contributed by atoms with Crippen molar-refractivity contribution in [2.24, 2.45) is 0 Å². The van der Waals surface area contributed by atoms with E-state index in [1.165, 1.54) is 16.3 Å². The van der Waals surface area contributed by atoms with Crippen molar-refractivity contribution in [1.82, 2.24) is 4.98 Å². The summed E-state index contributed by atoms with van der Waals surface area (Å²) in [5, 5.41) is 1.50. The van der Waals surface area contributed by atoms with Crippen LogP contribution in [0.5, 0.6) is 5.75 Å². The van der Waals surface area contributed by atoms with Gasteiger partial charge in [-0.2, -0.15) is 0 Å². The number of pyridine rings is 1. The standard InChI is InChI=1S/C22H25NOSi/c1-24-20-11-9-18(10-12-20)22(19-13-15-23-16-14-19)17-25(2,3)21-7-5-4-6-8-21/h4-16,22H,17H2,1-3H3. The van der Waals surface area contributed by atoms with E-state index >= 15 is 0 Å². The molecule has 0 aliphatic heterocycles. The van der Waals surface area contributed by atoms with Gasteiger partial charge in [-0.25, -0.2) is 0 Å². The maximum Gasteiger partial charge on any atom is 0.118 e. The van der Waals surface area contributed by atoms with Gasteiger partial charge < -0.3 is 4.74 Å². The summed E-state index contributed by atoms with van der Waals surface area (Å²) in [7, 11) is 0.127. The van der Waals surface area contributed by atoms with Crippen LogP contribution in [0.25, 0.3) is 0 Å². The molecule has 1 unspecified atom stereocenters. The molecule has 3 rings (SSSR count). The zero-order valence-corrected chi connectivity index (χ0v) is 16.1. The highest BCUT2D eigenvalue weighted by Gasteiger charge is 2.29. The molecule has 3 heteroatoms. The lowest BCUT2D eigenvalue weighted by atomic mass is 9.94. The quantitative estimate of drug-likeness (QED) is 0.595. The molecule has 0 saturated heterocycles. The number of benzene rings is 2. The summed E-state index contributed by atoms with van der Waals surface area (Å²) in [6.07, 6.45) is 3.78. The second-order valence-corrected chi connectivity index (χ2v) is 11.8. The number of hydrogen-bond acceptors (Lipinski definition) is 2. The molecule has 2 nitrogen and oxygen atoms in total. The Balaban J connectivity index is 1.96. The lowest BCUT2D eigenvalue weighted by molar-refractivity contribution is 0.414. The molecule has 0 radical (unpaired) electrons. The van der Waals surface area contributed by atoms with Gasteiger partial charge in [-0.15, -0.1) is 0 Å². The third-order valence-electron chi connectivity index (χ3n) is 4.90. The maximum absolute atomic E-state index is 5.32. The van der Waals surface area contributed by atoms with Crippen LogP contribution in [0.15, 0.2) is 79.1 Å². The second kappa shape index (κ2) is 7.66. The number of hydrogen-bond donors (Lipinski definition) is 0. The lowest BCUT2D eigenvalue weighted by Gasteiger charge is -2.29. The van der Waals surface area contributed by atoms with E-state index in [4.69, 9.17) is 4.74 Å². The highest BCUT2D eigenvalue weighted by atomic mass is 28.3. The smallest absolute Gasteiger partial charge is 0.118 e. The Morgan fingerprint density at radius 2 is 1.44 bits per heavy atom. The summed E-state index contributed by atoms with van der Waals surface area (Å²) in [6, 6.07) is 24.9. The fourth-order valence-electron chi connectivity index (χ4n) is 3.38. The van der Waals surface area contributed by atoms with E-state index in [0.29, 0.717) is 5.92 Å². The van der Waals surface area contributed by atoms with Crippen molar-refractivity contribution in [3.05, 3.63) is 90.3 Å². The molecule has 1 atom stereocenters. The van der Waals surface area contributed by atoms with Gasteiger partial charge in [0.25, 0.3) is 0 Å². The fourth-order valence-corrected chi connectivity index (χ4v) is 6.20. The summed E-state index contributed by atoms with van der Waals surface area (Å²) in [6.45, 7) is 4.92. The zero-order chi connectivity index (χ0) is 17.7. The molecule has 1 heterocycles. The monoisotopic (exact) mass is 347 g/mol. The van der Waals surface area contributed by atoms with Gasteiger partial charge in [0, 0.05) is 18.3 Å². The molecular formula is C22H25NOSi. The van der Waals surface area contributed by atoms with Crippen LogP contribution < -0.4 is 9.92 Å². The first-order chi connectivity index (χ1) is 12.1. The molecule has 0 fully saturated rings. The van der Waals surface area contributed by atoms with Crippen LogP contribution in [0.1, 0.15) is 17.0 Å². The third-order valence-corrected chi connectivity index (χ3v) is 8.22. The van der Waals surface area contributed by atoms with E-state index in [-0.39, 0.29) is 0 Å². The molecule has 0 N–H and O–H groups in total. The van der Waals surface area contributed by atoms with Crippen LogP contribution in [0.3, 0.4) is 0 Å². The molecular weight excluding hydrogens is 322 g/mol. The van der Waals surface area contributed by atoms with Crippen molar-refractivity contribution in [2.45, 2.75) is 25.1 Å². The minimum Gasteiger partial charge on any atom is -0.497 e. The summed E-state index contributed by atoms with van der Waals surface area (Å²) in [5.74, 6) is 1.27. The van der Waals surface area contributed by atoms with Crippen molar-refractivity contribution in [3.63, 3.8) is 0 Å². The third kappa shape index (κ3) is 4.17. The maximum atomic E-state index is 5.32. The molecule has 0 spiro atoms. The normalized spacial score (nSPS) is 12.6. The van der Waals surface area contributed by atoms with Gasteiger partial charge >= 0.3 is 0 Å². The SMILES string of the molecule is COc1ccc(C(C[Si](C)(C)c2ccccc2)c2ccncc2)cc1. The van der Waals surface area contributed by atoms with E-state index < -0.39 is 8.07 Å². The van der Waals surface area contributed by atoms with Crippen molar-refractivity contribution >= 4 is 13.3 Å². The van der Waals surface area contributed by atoms with Crippen LogP contribution in [0.2, 0.25) is 19.1 Å². The highest BCUT2D eigenvalue weighted by molar-refractivity contribution is 6.89. The Hall–Kier alpha value is -2.39. The van der Waals surface area contributed by atoms with E-state index in [0.717, 1.165) is 11.8 Å². The molecule has 128 valence electrons. The molecule has 3 aromatic rings. The average Bonchev–Trinajstić information content (AvgIpc) is 2.68. The first kappa shape index (κ1) is 17.4. The second-order valence-electron chi connectivity index (χ2n) is 7.06. The van der Waals surface area contributed by atoms with Crippen molar-refractivity contribution in [2.75, 3.05) is 7.11 Å². The van der Waals surface area contributed by atoms with E-state index in [2.05, 4.69) is 84.8 Å². The van der Waals surface area contributed by atoms with Gasteiger partial charge in [-0.1, -0.05) is 60.7 Å². The number of ether oxygens (including phenoxy) is 1. The molecule has 0 aliphatic rings. The van der Waals surface area contributed by atoms with Crippen molar-refractivity contribution < 1.29 is 4.74 Å². The minimum atomic E-state index is -1.58. The number of rotatable bonds is 6. The summed E-state index contributed by atoms with van der Waals surface area (Å²) in [4.78, 5) is 4.19. The van der Waals surface area contributed by atoms with Gasteiger partial charge in [0.05, 0.1) is 15.2 Å². The van der Waals surface area contributed by atoms with E-state index in [1.54, 1.807) is 7.11 Å². The summed E-state index contributed by atoms with van der Waals surface area (Å²) < 4.78 is 5.32. The summed E-state index contributed by atoms with van der Waals surface area (Å²) in [5.41, 5.74) is 2.67. The predicted octanol–water partition coefficient (Wildman–Crippen LogP) is 4.84. The first-order valence-corrected chi connectivity index (χ1v) is 11.9. The van der Waals surface area contributed by atoms with Crippen molar-refractivity contribution in [3.8, 4) is 5.75 Å². The fraction of sp³-hybridized carbons (Fsp3) is 0.227. The average molecular weight is 348 g/mol. The molecule has 0 saturated carbocycles. The molecule has 0 aliphatic carbocycles. The van der Waals surface area contributed by atoms with Crippen LogP contribution in [-0.4, -0.2) is 20.2 Å². The van der Waals surface area contributed by atoms with Gasteiger partial charge in [-0.05, 0) is 41.4 Å². The number of nitrogens with zero attached hydrogens (tertiary/aromatic N) is 1. The number of aromatic nitrogens is 1. The van der Waals surface area contributed by atoms with Gasteiger partial charge in [0.1, 0.15) is 5.75 Å². The lowest BCUT2D eigenvalue weighted by Crippen LogP contribution is -2.42. The molecule has 25 heavy (non-hydrogen) atoms. The topological polar surface area (TPSA) is 22.1 Å². The molecule has 1 aromatic heterocycles. The number of methoxy groups -OCH3 is 1. The molecule has 0 bridgehead atoms. The minimum absolute atomic E-state index is 0.371. The van der Waals surface area contributed by atoms with E-state index in [9.17, 15) is 0 Å². The van der Waals surface area contributed by atoms with Gasteiger partial charge in [-0.3, -0.25) is 4.98 Å². The Morgan fingerprint density at radius 3 is 2.04 bits per heavy atom. The van der Waals surface area contributed by atoms with Gasteiger partial charge in [0.15, 0.2) is 0 Å². The highest BCUT2D eigenvalue weighted by Crippen LogP contribution is 2.33. The van der Waals surface area contributed by atoms with Crippen molar-refractivity contribution in [1.29, 1.82) is 0 Å². The Labute approximate surface area is 151 Å². The Bertz CT molecular complexity index is 785. The Morgan fingerprint density at radius 1 is 0.840 bits per heavy atom. The van der Waals surface area contributed by atoms with Crippen LogP contribution in [0, 0.1) is 0 Å². The van der Waals surface area contributed by atoms with Crippen LogP contribution >= 0.6 is 0 Å². The largest absolute Gasteiger partial charge is 0.497 e. The Kier molecular flexibility index (Phi) is 5.34. The molecule has 0 amide bonds. The first-order valence-electron chi connectivity index (χ1n) is 8.69. The molecule has 2 aromatic carbocycles. The summed E-state index contributed by atoms with van der Waals surface area (Å²) >= 11 is 0. The van der Waals surface area contributed by atoms with Crippen LogP contribution in [0.4, 0.5) is 0 Å². The van der Waals surface area contributed by atoms with Crippen LogP contribution in [-0.2, 0) is 0 Å². The zero-order valence-electron chi connectivity index (χ0n) is 15.1. The van der Waals surface area contributed by atoms with Gasteiger partial charge in [0.2, 0.25) is 0 Å². The predicted molar refractivity (Wildman–Crippen MR) is 107 cm³/mol. The van der Waals surface area contributed by atoms with E-state index in [1.807, 2.05) is 12.4 Å².